The molecule has 0 aliphatic heterocycles. The molecule has 0 radical (unpaired) electrons. The quantitative estimate of drug-likeness (QED) is 0.506. The lowest BCUT2D eigenvalue weighted by Crippen LogP contribution is -2.36. The van der Waals surface area contributed by atoms with Gasteiger partial charge in [-0.1, -0.05) is 37.6 Å². The molecule has 1 aromatic heterocycles. The van der Waals surface area contributed by atoms with Gasteiger partial charge in [0, 0.05) is 25.0 Å². The molecule has 0 saturated heterocycles. The Kier molecular flexibility index (Phi) is 7.49. The van der Waals surface area contributed by atoms with Crippen LogP contribution in [0.4, 0.5) is 14.9 Å². The second kappa shape index (κ2) is 10.5. The summed E-state index contributed by atoms with van der Waals surface area (Å²) in [4.78, 5) is 14.8. The molecule has 0 bridgehead atoms. The van der Waals surface area contributed by atoms with Crippen molar-refractivity contribution in [2.45, 2.75) is 32.9 Å². The highest BCUT2D eigenvalue weighted by Gasteiger charge is 2.17. The van der Waals surface area contributed by atoms with Gasteiger partial charge in [-0.05, 0) is 48.4 Å². The molecule has 0 fully saturated rings. The number of ether oxygens (including phenoxy) is 1. The fraction of sp³-hybridized carbons (Fsp3) is 0.292. The second-order valence-electron chi connectivity index (χ2n) is 7.16. The Morgan fingerprint density at radius 2 is 1.97 bits per heavy atom. The normalized spacial score (nSPS) is 10.6. The summed E-state index contributed by atoms with van der Waals surface area (Å²) in [6, 6.07) is 17.7. The number of urea groups is 1. The van der Waals surface area contributed by atoms with Crippen LogP contribution in [-0.2, 0) is 13.1 Å². The summed E-state index contributed by atoms with van der Waals surface area (Å²) in [6.07, 6.45) is 3.85. The SMILES string of the molecule is CCCCN(Cc1cccn1Cc1cccc(F)c1)C(=O)Nc1ccccc1OC. The van der Waals surface area contributed by atoms with Crippen molar-refractivity contribution in [3.05, 3.63) is 83.9 Å². The Balaban J connectivity index is 1.75. The van der Waals surface area contributed by atoms with Gasteiger partial charge < -0.3 is 19.5 Å². The fourth-order valence-corrected chi connectivity index (χ4v) is 3.32. The van der Waals surface area contributed by atoms with Crippen LogP contribution in [0.2, 0.25) is 0 Å². The van der Waals surface area contributed by atoms with E-state index in [4.69, 9.17) is 4.74 Å². The number of nitrogens with one attached hydrogen (secondary N) is 1. The smallest absolute Gasteiger partial charge is 0.322 e. The number of carbonyl (C=O) groups is 1. The first-order chi connectivity index (χ1) is 14.6. The minimum absolute atomic E-state index is 0.175. The maximum absolute atomic E-state index is 13.5. The molecule has 3 aromatic rings. The molecule has 2 amide bonds. The first-order valence-corrected chi connectivity index (χ1v) is 10.2. The van der Waals surface area contributed by atoms with E-state index in [0.29, 0.717) is 31.1 Å². The number of unbranched alkanes of at least 4 members (excludes halogenated alkanes) is 1. The topological polar surface area (TPSA) is 46.5 Å². The Morgan fingerprint density at radius 3 is 2.73 bits per heavy atom. The van der Waals surface area contributed by atoms with Crippen LogP contribution in [0.15, 0.2) is 66.9 Å². The number of rotatable bonds is 9. The van der Waals surface area contributed by atoms with Gasteiger partial charge in [-0.25, -0.2) is 9.18 Å². The van der Waals surface area contributed by atoms with Gasteiger partial charge in [0.25, 0.3) is 0 Å². The Labute approximate surface area is 177 Å². The van der Waals surface area contributed by atoms with E-state index in [1.807, 2.05) is 53.2 Å². The average molecular weight is 410 g/mol. The van der Waals surface area contributed by atoms with Crippen LogP contribution in [0.1, 0.15) is 31.0 Å². The lowest BCUT2D eigenvalue weighted by atomic mass is 10.2. The Bertz CT molecular complexity index is 970. The van der Waals surface area contributed by atoms with Crippen molar-refractivity contribution in [2.24, 2.45) is 0 Å². The van der Waals surface area contributed by atoms with E-state index in [-0.39, 0.29) is 11.8 Å². The third-order valence-corrected chi connectivity index (χ3v) is 4.94. The van der Waals surface area contributed by atoms with E-state index in [9.17, 15) is 9.18 Å². The number of aromatic nitrogens is 1. The number of hydrogen-bond donors (Lipinski definition) is 1. The molecule has 2 aromatic carbocycles. The molecule has 0 saturated carbocycles. The number of carbonyl (C=O) groups excluding carboxylic acids is 1. The molecular formula is C24H28FN3O2. The number of methoxy groups -OCH3 is 1. The molecule has 3 rings (SSSR count). The molecule has 158 valence electrons. The summed E-state index contributed by atoms with van der Waals surface area (Å²) >= 11 is 0. The molecule has 0 atom stereocenters. The van der Waals surface area contributed by atoms with Gasteiger partial charge in [0.2, 0.25) is 0 Å². The molecule has 1 heterocycles. The Morgan fingerprint density at radius 1 is 1.13 bits per heavy atom. The number of amides is 2. The van der Waals surface area contributed by atoms with Crippen molar-refractivity contribution in [3.8, 4) is 5.75 Å². The highest BCUT2D eigenvalue weighted by Crippen LogP contribution is 2.24. The number of para-hydroxylation sites is 2. The van der Waals surface area contributed by atoms with Gasteiger partial charge in [-0.15, -0.1) is 0 Å². The van der Waals surface area contributed by atoms with Gasteiger partial charge >= 0.3 is 6.03 Å². The van der Waals surface area contributed by atoms with E-state index in [2.05, 4.69) is 12.2 Å². The number of benzene rings is 2. The largest absolute Gasteiger partial charge is 0.495 e. The number of hydrogen-bond acceptors (Lipinski definition) is 2. The maximum atomic E-state index is 13.5. The molecule has 5 nitrogen and oxygen atoms in total. The summed E-state index contributed by atoms with van der Waals surface area (Å²) < 4.78 is 20.9. The van der Waals surface area contributed by atoms with Gasteiger partial charge in [-0.2, -0.15) is 0 Å². The van der Waals surface area contributed by atoms with Gasteiger partial charge in [0.1, 0.15) is 11.6 Å². The number of halogens is 1. The molecule has 30 heavy (non-hydrogen) atoms. The Hall–Kier alpha value is -3.28. The minimum atomic E-state index is -0.248. The van der Waals surface area contributed by atoms with E-state index < -0.39 is 0 Å². The van der Waals surface area contributed by atoms with Crippen LogP contribution >= 0.6 is 0 Å². The highest BCUT2D eigenvalue weighted by atomic mass is 19.1. The first-order valence-electron chi connectivity index (χ1n) is 10.2. The van der Waals surface area contributed by atoms with Crippen LogP contribution < -0.4 is 10.1 Å². The highest BCUT2D eigenvalue weighted by molar-refractivity contribution is 5.90. The van der Waals surface area contributed by atoms with Crippen molar-refractivity contribution in [2.75, 3.05) is 19.0 Å². The van der Waals surface area contributed by atoms with Crippen LogP contribution in [0, 0.1) is 5.82 Å². The summed E-state index contributed by atoms with van der Waals surface area (Å²) in [5, 5.41) is 2.96. The van der Waals surface area contributed by atoms with Crippen molar-refractivity contribution >= 4 is 11.7 Å². The summed E-state index contributed by atoms with van der Waals surface area (Å²) in [5.74, 6) is 0.373. The van der Waals surface area contributed by atoms with Crippen molar-refractivity contribution in [1.29, 1.82) is 0 Å². The summed E-state index contributed by atoms with van der Waals surface area (Å²) in [7, 11) is 1.58. The zero-order valence-electron chi connectivity index (χ0n) is 17.5. The lowest BCUT2D eigenvalue weighted by molar-refractivity contribution is 0.206. The lowest BCUT2D eigenvalue weighted by Gasteiger charge is -2.24. The standard InChI is InChI=1S/C24H28FN3O2/c1-3-4-14-28(24(29)26-22-12-5-6-13-23(22)30-2)18-21-11-8-15-27(21)17-19-9-7-10-20(25)16-19/h5-13,15-16H,3-4,14,17-18H2,1-2H3,(H,26,29). The van der Waals surface area contributed by atoms with Crippen LogP contribution in [0.25, 0.3) is 0 Å². The third kappa shape index (κ3) is 5.63. The fourth-order valence-electron chi connectivity index (χ4n) is 3.32. The van der Waals surface area contributed by atoms with Crippen molar-refractivity contribution < 1.29 is 13.9 Å². The molecule has 0 unspecified atom stereocenters. The van der Waals surface area contributed by atoms with Crippen molar-refractivity contribution in [3.63, 3.8) is 0 Å². The zero-order chi connectivity index (χ0) is 21.3. The van der Waals surface area contributed by atoms with Gasteiger partial charge in [0.05, 0.1) is 19.3 Å². The van der Waals surface area contributed by atoms with E-state index in [0.717, 1.165) is 24.1 Å². The molecule has 6 heteroatoms. The maximum Gasteiger partial charge on any atom is 0.322 e. The monoisotopic (exact) mass is 409 g/mol. The number of anilines is 1. The second-order valence-corrected chi connectivity index (χ2v) is 7.16. The van der Waals surface area contributed by atoms with Crippen LogP contribution in [-0.4, -0.2) is 29.2 Å². The average Bonchev–Trinajstić information content (AvgIpc) is 3.18. The molecule has 0 aliphatic rings. The number of nitrogens with zero attached hydrogens (tertiary/aromatic N) is 2. The van der Waals surface area contributed by atoms with Crippen molar-refractivity contribution in [1.82, 2.24) is 9.47 Å². The predicted molar refractivity (Wildman–Crippen MR) is 117 cm³/mol. The van der Waals surface area contributed by atoms with Crippen LogP contribution in [0.5, 0.6) is 5.75 Å². The summed E-state index contributed by atoms with van der Waals surface area (Å²) in [6.45, 7) is 3.75. The zero-order valence-corrected chi connectivity index (χ0v) is 17.5. The molecular weight excluding hydrogens is 381 g/mol. The third-order valence-electron chi connectivity index (χ3n) is 4.94. The molecule has 1 N–H and O–H groups in total. The van der Waals surface area contributed by atoms with Gasteiger partial charge in [-0.3, -0.25) is 0 Å². The molecule has 0 spiro atoms. The molecule has 0 aliphatic carbocycles. The minimum Gasteiger partial charge on any atom is -0.495 e. The summed E-state index contributed by atoms with van der Waals surface area (Å²) in [5.41, 5.74) is 2.51. The van der Waals surface area contributed by atoms with Crippen LogP contribution in [0.3, 0.4) is 0 Å². The van der Waals surface area contributed by atoms with E-state index in [1.54, 1.807) is 18.1 Å². The van der Waals surface area contributed by atoms with Gasteiger partial charge in [0.15, 0.2) is 0 Å². The van der Waals surface area contributed by atoms with E-state index in [1.165, 1.54) is 12.1 Å². The predicted octanol–water partition coefficient (Wildman–Crippen LogP) is 5.52. The first kappa shape index (κ1) is 21.4. The van der Waals surface area contributed by atoms with E-state index >= 15 is 0 Å².